The van der Waals surface area contributed by atoms with E-state index in [9.17, 15) is 9.59 Å². The fourth-order valence-corrected chi connectivity index (χ4v) is 3.38. The van der Waals surface area contributed by atoms with Gasteiger partial charge in [-0.1, -0.05) is 18.2 Å². The molecule has 1 saturated heterocycles. The van der Waals surface area contributed by atoms with E-state index in [1.54, 1.807) is 13.2 Å². The summed E-state index contributed by atoms with van der Waals surface area (Å²) in [5, 5.41) is 2.86. The van der Waals surface area contributed by atoms with Crippen molar-refractivity contribution in [3.63, 3.8) is 0 Å². The van der Waals surface area contributed by atoms with Crippen LogP contribution in [0.3, 0.4) is 0 Å². The zero-order chi connectivity index (χ0) is 18.7. The maximum Gasteiger partial charge on any atom is 0.295 e. The highest BCUT2D eigenvalue weighted by molar-refractivity contribution is 8.18. The third kappa shape index (κ3) is 3.91. The van der Waals surface area contributed by atoms with Crippen LogP contribution in [0.4, 0.5) is 10.5 Å². The monoisotopic (exact) mass is 368 g/mol. The standard InChI is InChI=1S/C20H20N2O3S/c1-13-7-8-16(9-14(13)2)21-12-22-19(23)18(26-20(22)24)11-15-5-4-6-17(10-15)25-3/h4-11,21H,12H2,1-3H3/b18-11-. The molecular weight excluding hydrogens is 348 g/mol. The van der Waals surface area contributed by atoms with E-state index in [0.717, 1.165) is 28.6 Å². The number of thioether (sulfide) groups is 1. The Bertz CT molecular complexity index is 892. The lowest BCUT2D eigenvalue weighted by molar-refractivity contribution is -0.122. The first-order chi connectivity index (χ1) is 12.5. The number of benzene rings is 2. The number of carbonyl (C=O) groups is 2. The Kier molecular flexibility index (Phi) is 5.32. The Morgan fingerprint density at radius 2 is 1.92 bits per heavy atom. The molecule has 1 aliphatic heterocycles. The number of ether oxygens (including phenoxy) is 1. The SMILES string of the molecule is COc1cccc(/C=C2\SC(=O)N(CNc3ccc(C)c(C)c3)C2=O)c1. The Hall–Kier alpha value is -2.73. The largest absolute Gasteiger partial charge is 0.497 e. The summed E-state index contributed by atoms with van der Waals surface area (Å²) in [6.07, 6.45) is 1.71. The molecule has 1 fully saturated rings. The molecule has 1 aliphatic rings. The number of nitrogens with one attached hydrogen (secondary N) is 1. The van der Waals surface area contributed by atoms with Gasteiger partial charge in [0.1, 0.15) is 5.75 Å². The van der Waals surface area contributed by atoms with Gasteiger partial charge < -0.3 is 10.1 Å². The van der Waals surface area contributed by atoms with Gasteiger partial charge in [0.05, 0.1) is 18.7 Å². The molecule has 0 unspecified atom stereocenters. The van der Waals surface area contributed by atoms with E-state index in [1.165, 1.54) is 10.5 Å². The minimum absolute atomic E-state index is 0.141. The molecule has 0 spiro atoms. The summed E-state index contributed by atoms with van der Waals surface area (Å²) in [6.45, 7) is 4.21. The van der Waals surface area contributed by atoms with Crippen molar-refractivity contribution in [3.8, 4) is 5.75 Å². The molecule has 0 radical (unpaired) electrons. The highest BCUT2D eigenvalue weighted by Gasteiger charge is 2.34. The molecule has 2 amide bonds. The van der Waals surface area contributed by atoms with E-state index >= 15 is 0 Å². The number of anilines is 1. The van der Waals surface area contributed by atoms with Crippen LogP contribution in [-0.4, -0.2) is 29.8 Å². The van der Waals surface area contributed by atoms with E-state index in [-0.39, 0.29) is 17.8 Å². The second-order valence-corrected chi connectivity index (χ2v) is 7.01. The molecule has 0 atom stereocenters. The van der Waals surface area contributed by atoms with E-state index in [1.807, 2.05) is 56.3 Å². The molecule has 6 heteroatoms. The summed E-state index contributed by atoms with van der Waals surface area (Å²) in [6, 6.07) is 13.3. The van der Waals surface area contributed by atoms with Gasteiger partial charge in [-0.05, 0) is 72.6 Å². The predicted octanol–water partition coefficient (Wildman–Crippen LogP) is 4.42. The van der Waals surface area contributed by atoms with Crippen LogP contribution in [0.1, 0.15) is 16.7 Å². The minimum Gasteiger partial charge on any atom is -0.497 e. The summed E-state index contributed by atoms with van der Waals surface area (Å²) in [5.41, 5.74) is 4.05. The number of methoxy groups -OCH3 is 1. The normalized spacial score (nSPS) is 15.7. The Balaban J connectivity index is 1.72. The van der Waals surface area contributed by atoms with Crippen LogP contribution < -0.4 is 10.1 Å². The summed E-state index contributed by atoms with van der Waals surface area (Å²) < 4.78 is 5.19. The Morgan fingerprint density at radius 1 is 1.12 bits per heavy atom. The number of carbonyl (C=O) groups excluding carboxylic acids is 2. The lowest BCUT2D eigenvalue weighted by atomic mass is 10.1. The second-order valence-electron chi connectivity index (χ2n) is 6.02. The van der Waals surface area contributed by atoms with Gasteiger partial charge in [0.25, 0.3) is 11.1 Å². The van der Waals surface area contributed by atoms with Gasteiger partial charge in [-0.2, -0.15) is 0 Å². The molecule has 134 valence electrons. The molecule has 26 heavy (non-hydrogen) atoms. The third-order valence-electron chi connectivity index (χ3n) is 4.21. The maximum atomic E-state index is 12.6. The van der Waals surface area contributed by atoms with Crippen molar-refractivity contribution in [1.29, 1.82) is 0 Å². The molecule has 2 aromatic carbocycles. The van der Waals surface area contributed by atoms with Crippen LogP contribution in [-0.2, 0) is 4.79 Å². The first kappa shape index (κ1) is 18.1. The maximum absolute atomic E-state index is 12.6. The number of amides is 2. The smallest absolute Gasteiger partial charge is 0.295 e. The fourth-order valence-electron chi connectivity index (χ4n) is 2.54. The van der Waals surface area contributed by atoms with Crippen LogP contribution in [0.25, 0.3) is 6.08 Å². The van der Waals surface area contributed by atoms with Gasteiger partial charge in [0.2, 0.25) is 0 Å². The molecular formula is C20H20N2O3S. The summed E-state index contributed by atoms with van der Waals surface area (Å²) in [5.74, 6) is 0.411. The average Bonchev–Trinajstić information content (AvgIpc) is 2.89. The first-order valence-electron chi connectivity index (χ1n) is 8.18. The molecule has 2 aromatic rings. The summed E-state index contributed by atoms with van der Waals surface area (Å²) in [7, 11) is 1.59. The van der Waals surface area contributed by atoms with Crippen molar-refractivity contribution >= 4 is 34.7 Å². The number of nitrogens with zero attached hydrogens (tertiary/aromatic N) is 1. The van der Waals surface area contributed by atoms with E-state index in [4.69, 9.17) is 4.74 Å². The second kappa shape index (κ2) is 7.66. The quantitative estimate of drug-likeness (QED) is 0.792. The molecule has 0 aliphatic carbocycles. The molecule has 1 N–H and O–H groups in total. The minimum atomic E-state index is -0.292. The number of aryl methyl sites for hydroxylation is 2. The van der Waals surface area contributed by atoms with Gasteiger partial charge in [-0.15, -0.1) is 0 Å². The molecule has 1 heterocycles. The van der Waals surface area contributed by atoms with Gasteiger partial charge >= 0.3 is 0 Å². The summed E-state index contributed by atoms with van der Waals surface area (Å²) in [4.78, 5) is 26.4. The van der Waals surface area contributed by atoms with Crippen LogP contribution in [0.5, 0.6) is 5.75 Å². The Morgan fingerprint density at radius 3 is 2.65 bits per heavy atom. The van der Waals surface area contributed by atoms with Crippen molar-refractivity contribution in [2.45, 2.75) is 13.8 Å². The molecule has 0 aromatic heterocycles. The van der Waals surface area contributed by atoms with Crippen molar-refractivity contribution in [2.75, 3.05) is 19.1 Å². The van der Waals surface area contributed by atoms with Gasteiger partial charge in [0.15, 0.2) is 0 Å². The van der Waals surface area contributed by atoms with Crippen LogP contribution in [0, 0.1) is 13.8 Å². The summed E-state index contributed by atoms with van der Waals surface area (Å²) >= 11 is 0.949. The van der Waals surface area contributed by atoms with E-state index < -0.39 is 0 Å². The molecule has 5 nitrogen and oxygen atoms in total. The van der Waals surface area contributed by atoms with Crippen LogP contribution in [0.15, 0.2) is 47.4 Å². The first-order valence-corrected chi connectivity index (χ1v) is 9.00. The highest BCUT2D eigenvalue weighted by atomic mass is 32.2. The number of hydrogen-bond acceptors (Lipinski definition) is 5. The van der Waals surface area contributed by atoms with Gasteiger partial charge in [0, 0.05) is 5.69 Å². The fraction of sp³-hybridized carbons (Fsp3) is 0.200. The third-order valence-corrected chi connectivity index (χ3v) is 5.12. The van der Waals surface area contributed by atoms with Gasteiger partial charge in [-0.3, -0.25) is 14.5 Å². The van der Waals surface area contributed by atoms with Crippen molar-refractivity contribution in [3.05, 3.63) is 64.1 Å². The van der Waals surface area contributed by atoms with Crippen molar-refractivity contribution < 1.29 is 14.3 Å². The lowest BCUT2D eigenvalue weighted by Gasteiger charge is -2.15. The lowest BCUT2D eigenvalue weighted by Crippen LogP contribution is -2.33. The number of imide groups is 1. The van der Waals surface area contributed by atoms with Crippen molar-refractivity contribution in [2.24, 2.45) is 0 Å². The van der Waals surface area contributed by atoms with E-state index in [2.05, 4.69) is 5.32 Å². The zero-order valence-electron chi connectivity index (χ0n) is 14.9. The highest BCUT2D eigenvalue weighted by Crippen LogP contribution is 2.32. The topological polar surface area (TPSA) is 58.6 Å². The van der Waals surface area contributed by atoms with Crippen molar-refractivity contribution in [1.82, 2.24) is 4.90 Å². The van der Waals surface area contributed by atoms with E-state index in [0.29, 0.717) is 10.7 Å². The average molecular weight is 368 g/mol. The molecule has 3 rings (SSSR count). The predicted molar refractivity (Wildman–Crippen MR) is 105 cm³/mol. The molecule has 0 saturated carbocycles. The molecule has 0 bridgehead atoms. The van der Waals surface area contributed by atoms with Crippen LogP contribution >= 0.6 is 11.8 Å². The van der Waals surface area contributed by atoms with Crippen LogP contribution in [0.2, 0.25) is 0 Å². The Labute approximate surface area is 157 Å². The van der Waals surface area contributed by atoms with Gasteiger partial charge in [-0.25, -0.2) is 0 Å². The zero-order valence-corrected chi connectivity index (χ0v) is 15.7. The number of rotatable bonds is 5. The number of hydrogen-bond donors (Lipinski definition) is 1.